The molecule has 0 atom stereocenters. The summed E-state index contributed by atoms with van der Waals surface area (Å²) >= 11 is 0. The van der Waals surface area contributed by atoms with Crippen molar-refractivity contribution in [1.29, 1.82) is 0 Å². The number of nitrogens with one attached hydrogen (secondary N) is 1. The number of carbonyl (C=O) groups is 1. The highest BCUT2D eigenvalue weighted by atomic mass is 16.2. The van der Waals surface area contributed by atoms with Crippen LogP contribution in [0.2, 0.25) is 0 Å². The zero-order chi connectivity index (χ0) is 15.4. The molecule has 1 aromatic heterocycles. The summed E-state index contributed by atoms with van der Waals surface area (Å²) in [4.78, 5) is 19.6. The van der Waals surface area contributed by atoms with Crippen molar-refractivity contribution in [3.63, 3.8) is 0 Å². The molecule has 0 radical (unpaired) electrons. The minimum Gasteiger partial charge on any atom is -0.397 e. The highest BCUT2D eigenvalue weighted by Crippen LogP contribution is 2.02. The van der Waals surface area contributed by atoms with E-state index in [9.17, 15) is 4.79 Å². The van der Waals surface area contributed by atoms with Gasteiger partial charge in [-0.1, -0.05) is 32.1 Å². The number of hydrogen-bond donors (Lipinski definition) is 2. The number of nitrogens with two attached hydrogens (primary N) is 1. The van der Waals surface area contributed by atoms with E-state index in [1.807, 2.05) is 26.8 Å². The molecule has 0 aliphatic carbocycles. The van der Waals surface area contributed by atoms with Crippen LogP contribution in [0.25, 0.3) is 0 Å². The third-order valence-corrected chi connectivity index (χ3v) is 2.09. The normalized spacial score (nSPS) is 11.8. The molecular weight excluding hydrogens is 252 g/mol. The molecule has 0 aliphatic rings. The maximum atomic E-state index is 11.9. The second kappa shape index (κ2) is 10.5. The fourth-order valence-corrected chi connectivity index (χ4v) is 1.15. The van der Waals surface area contributed by atoms with Crippen molar-refractivity contribution in [3.8, 4) is 0 Å². The van der Waals surface area contributed by atoms with E-state index >= 15 is 0 Å². The lowest BCUT2D eigenvalue weighted by Gasteiger charge is -2.08. The summed E-state index contributed by atoms with van der Waals surface area (Å²) in [6, 6.07) is 1.65. The van der Waals surface area contributed by atoms with Gasteiger partial charge in [0.2, 0.25) is 5.82 Å². The molecule has 0 spiro atoms. The van der Waals surface area contributed by atoms with Crippen LogP contribution in [0, 0.1) is 0 Å². The van der Waals surface area contributed by atoms with Crippen LogP contribution in [-0.4, -0.2) is 15.9 Å². The molecule has 0 saturated carbocycles. The summed E-state index contributed by atoms with van der Waals surface area (Å²) in [6.45, 7) is 7.67. The predicted octanol–water partition coefficient (Wildman–Crippen LogP) is 2.56. The van der Waals surface area contributed by atoms with Crippen molar-refractivity contribution in [1.82, 2.24) is 15.3 Å². The summed E-state index contributed by atoms with van der Waals surface area (Å²) in [5.41, 5.74) is 6.79. The molecule has 0 aromatic carbocycles. The second-order valence-corrected chi connectivity index (χ2v) is 3.38. The molecule has 5 nitrogen and oxygen atoms in total. The van der Waals surface area contributed by atoms with E-state index < -0.39 is 5.91 Å². The standard InChI is InChI=1S/C13H16N4O.C2H6/c1-3-5-7-11(10(14)4-2)17-13(18)12-15-8-6-9-16-12;1-2/h3-9H,14H2,1-2H3,(H,17,18);1-2H3/b5-3-,10-4+,11-7+;. The Labute approximate surface area is 120 Å². The third-order valence-electron chi connectivity index (χ3n) is 2.09. The Balaban J connectivity index is 0.00000172. The van der Waals surface area contributed by atoms with Gasteiger partial charge in [0, 0.05) is 12.4 Å². The number of amides is 1. The average molecular weight is 274 g/mol. The smallest absolute Gasteiger partial charge is 0.293 e. The minimum atomic E-state index is -0.392. The van der Waals surface area contributed by atoms with Gasteiger partial charge in [0.05, 0.1) is 11.4 Å². The SMILES string of the molecule is CC.C\C=C/C=C(NC(=O)c1ncccn1)\C(N)=C/C. The van der Waals surface area contributed by atoms with Crippen LogP contribution >= 0.6 is 0 Å². The number of carbonyl (C=O) groups excluding carboxylic acids is 1. The summed E-state index contributed by atoms with van der Waals surface area (Å²) in [7, 11) is 0. The Kier molecular flexibility index (Phi) is 9.21. The van der Waals surface area contributed by atoms with Gasteiger partial charge in [0.25, 0.3) is 5.91 Å². The van der Waals surface area contributed by atoms with E-state index in [1.165, 1.54) is 12.4 Å². The van der Waals surface area contributed by atoms with Crippen molar-refractivity contribution in [2.75, 3.05) is 0 Å². The number of hydrogen-bond acceptors (Lipinski definition) is 4. The molecule has 0 unspecified atom stereocenters. The Morgan fingerprint density at radius 2 is 1.85 bits per heavy atom. The van der Waals surface area contributed by atoms with Gasteiger partial charge in [-0.15, -0.1) is 0 Å². The van der Waals surface area contributed by atoms with E-state index in [0.29, 0.717) is 11.4 Å². The first kappa shape index (κ1) is 17.6. The topological polar surface area (TPSA) is 80.9 Å². The average Bonchev–Trinajstić information content (AvgIpc) is 2.53. The van der Waals surface area contributed by atoms with Gasteiger partial charge in [-0.3, -0.25) is 4.79 Å². The van der Waals surface area contributed by atoms with Crippen molar-refractivity contribution in [2.24, 2.45) is 5.73 Å². The van der Waals surface area contributed by atoms with E-state index in [0.717, 1.165) is 0 Å². The molecule has 0 saturated heterocycles. The number of aromatic nitrogens is 2. The van der Waals surface area contributed by atoms with Gasteiger partial charge in [-0.2, -0.15) is 0 Å². The van der Waals surface area contributed by atoms with E-state index in [2.05, 4.69) is 15.3 Å². The van der Waals surface area contributed by atoms with Gasteiger partial charge in [-0.25, -0.2) is 9.97 Å². The first-order valence-corrected chi connectivity index (χ1v) is 6.52. The van der Waals surface area contributed by atoms with E-state index in [4.69, 9.17) is 5.73 Å². The van der Waals surface area contributed by atoms with Crippen LogP contribution in [0.5, 0.6) is 0 Å². The van der Waals surface area contributed by atoms with Gasteiger partial charge >= 0.3 is 0 Å². The molecule has 0 fully saturated rings. The molecule has 1 rings (SSSR count). The number of nitrogens with zero attached hydrogens (tertiary/aromatic N) is 2. The quantitative estimate of drug-likeness (QED) is 0.827. The molecule has 1 aromatic rings. The van der Waals surface area contributed by atoms with Crippen LogP contribution in [0.3, 0.4) is 0 Å². The molecule has 108 valence electrons. The summed E-state index contributed by atoms with van der Waals surface area (Å²) in [6.07, 6.45) is 10.1. The lowest BCUT2D eigenvalue weighted by Crippen LogP contribution is -2.27. The highest BCUT2D eigenvalue weighted by molar-refractivity contribution is 5.92. The maximum absolute atomic E-state index is 11.9. The first-order chi connectivity index (χ1) is 9.69. The van der Waals surface area contributed by atoms with Crippen LogP contribution < -0.4 is 11.1 Å². The van der Waals surface area contributed by atoms with E-state index in [1.54, 1.807) is 31.2 Å². The number of allylic oxidation sites excluding steroid dienone is 4. The fourth-order valence-electron chi connectivity index (χ4n) is 1.15. The molecule has 0 bridgehead atoms. The summed E-state index contributed by atoms with van der Waals surface area (Å²) < 4.78 is 0. The Morgan fingerprint density at radius 3 is 2.35 bits per heavy atom. The molecular formula is C15H22N4O. The Hall–Kier alpha value is -2.43. The Bertz CT molecular complexity index is 490. The monoisotopic (exact) mass is 274 g/mol. The van der Waals surface area contributed by atoms with Crippen molar-refractivity contribution in [2.45, 2.75) is 27.7 Å². The van der Waals surface area contributed by atoms with Gasteiger partial charge in [0.15, 0.2) is 0 Å². The molecule has 1 heterocycles. The zero-order valence-corrected chi connectivity index (χ0v) is 12.4. The number of rotatable bonds is 4. The minimum absolute atomic E-state index is 0.104. The second-order valence-electron chi connectivity index (χ2n) is 3.38. The molecule has 20 heavy (non-hydrogen) atoms. The largest absolute Gasteiger partial charge is 0.397 e. The van der Waals surface area contributed by atoms with Gasteiger partial charge in [-0.05, 0) is 26.0 Å². The molecule has 0 aliphatic heterocycles. The molecule has 3 N–H and O–H groups in total. The molecule has 1 amide bonds. The van der Waals surface area contributed by atoms with Gasteiger partial charge < -0.3 is 11.1 Å². The van der Waals surface area contributed by atoms with Crippen molar-refractivity contribution in [3.05, 3.63) is 60.0 Å². The summed E-state index contributed by atoms with van der Waals surface area (Å²) in [5, 5.41) is 2.67. The zero-order valence-electron chi connectivity index (χ0n) is 12.4. The van der Waals surface area contributed by atoms with E-state index in [-0.39, 0.29) is 5.82 Å². The molecule has 5 heteroatoms. The van der Waals surface area contributed by atoms with Crippen LogP contribution in [0.15, 0.2) is 54.2 Å². The van der Waals surface area contributed by atoms with Gasteiger partial charge in [0.1, 0.15) is 0 Å². The van der Waals surface area contributed by atoms with Crippen LogP contribution in [0.1, 0.15) is 38.3 Å². The van der Waals surface area contributed by atoms with Crippen molar-refractivity contribution >= 4 is 5.91 Å². The predicted molar refractivity (Wildman–Crippen MR) is 81.7 cm³/mol. The lowest BCUT2D eigenvalue weighted by atomic mass is 10.2. The Morgan fingerprint density at radius 1 is 1.25 bits per heavy atom. The first-order valence-electron chi connectivity index (χ1n) is 6.52. The van der Waals surface area contributed by atoms with Crippen LogP contribution in [0.4, 0.5) is 0 Å². The van der Waals surface area contributed by atoms with Crippen molar-refractivity contribution < 1.29 is 4.79 Å². The highest BCUT2D eigenvalue weighted by Gasteiger charge is 2.10. The summed E-state index contributed by atoms with van der Waals surface area (Å²) in [5.74, 6) is -0.288. The van der Waals surface area contributed by atoms with Crippen LogP contribution in [-0.2, 0) is 0 Å². The lowest BCUT2D eigenvalue weighted by molar-refractivity contribution is 0.0956. The third kappa shape index (κ3) is 5.95. The fraction of sp³-hybridized carbons (Fsp3) is 0.267. The maximum Gasteiger partial charge on any atom is 0.293 e.